The summed E-state index contributed by atoms with van der Waals surface area (Å²) in [5.74, 6) is -1.20. The number of hydrogen-bond donors (Lipinski definition) is 2. The van der Waals surface area contributed by atoms with Gasteiger partial charge in [0.25, 0.3) is 0 Å². The van der Waals surface area contributed by atoms with E-state index in [0.717, 1.165) is 5.56 Å². The van der Waals surface area contributed by atoms with Gasteiger partial charge in [-0.2, -0.15) is 0 Å². The maximum atomic E-state index is 13.1. The summed E-state index contributed by atoms with van der Waals surface area (Å²) in [6.07, 6.45) is -0.756. The maximum Gasteiger partial charge on any atom is 0.247 e. The van der Waals surface area contributed by atoms with Gasteiger partial charge in [0, 0.05) is 18.8 Å². The lowest BCUT2D eigenvalue weighted by atomic mass is 10.0. The first-order valence-corrected chi connectivity index (χ1v) is 8.31. The van der Waals surface area contributed by atoms with Gasteiger partial charge in [0.05, 0.1) is 6.61 Å². The fraction of sp³-hybridized carbons (Fsp3) is 0.263. The van der Waals surface area contributed by atoms with E-state index < -0.39 is 18.1 Å². The largest absolute Gasteiger partial charge is 0.367 e. The summed E-state index contributed by atoms with van der Waals surface area (Å²) in [5.41, 5.74) is 6.64. The first kappa shape index (κ1) is 18.0. The van der Waals surface area contributed by atoms with Gasteiger partial charge in [-0.1, -0.05) is 30.3 Å². The van der Waals surface area contributed by atoms with Gasteiger partial charge in [-0.05, 0) is 29.8 Å². The maximum absolute atomic E-state index is 13.1. The Morgan fingerprint density at radius 1 is 1.15 bits per heavy atom. The molecule has 26 heavy (non-hydrogen) atoms. The van der Waals surface area contributed by atoms with Crippen LogP contribution in [0.3, 0.4) is 0 Å². The summed E-state index contributed by atoms with van der Waals surface area (Å²) in [4.78, 5) is 26.3. The van der Waals surface area contributed by atoms with Crippen molar-refractivity contribution in [1.82, 2.24) is 4.90 Å². The van der Waals surface area contributed by atoms with Gasteiger partial charge in [-0.3, -0.25) is 14.5 Å². The molecule has 0 saturated carbocycles. The average Bonchev–Trinajstić information content (AvgIpc) is 2.65. The second kappa shape index (κ2) is 8.07. The summed E-state index contributed by atoms with van der Waals surface area (Å²) < 4.78 is 18.5. The quantitative estimate of drug-likeness (QED) is 0.853. The third-order valence-electron chi connectivity index (χ3n) is 4.26. The number of benzene rings is 2. The molecule has 0 spiro atoms. The number of ether oxygens (including phenoxy) is 1. The molecule has 2 aromatic rings. The zero-order chi connectivity index (χ0) is 18.5. The van der Waals surface area contributed by atoms with Crippen molar-refractivity contribution in [2.75, 3.05) is 25.0 Å². The van der Waals surface area contributed by atoms with Crippen LogP contribution in [0.25, 0.3) is 0 Å². The third kappa shape index (κ3) is 4.25. The van der Waals surface area contributed by atoms with E-state index in [4.69, 9.17) is 10.5 Å². The number of anilines is 1. The van der Waals surface area contributed by atoms with Crippen LogP contribution >= 0.6 is 0 Å². The van der Waals surface area contributed by atoms with Crippen molar-refractivity contribution in [3.8, 4) is 0 Å². The van der Waals surface area contributed by atoms with Gasteiger partial charge < -0.3 is 15.8 Å². The number of carbonyl (C=O) groups is 2. The van der Waals surface area contributed by atoms with E-state index in [1.807, 2.05) is 35.2 Å². The summed E-state index contributed by atoms with van der Waals surface area (Å²) in [6, 6.07) is 14.2. The number of primary amides is 1. The third-order valence-corrected chi connectivity index (χ3v) is 4.26. The van der Waals surface area contributed by atoms with Crippen molar-refractivity contribution in [2.24, 2.45) is 5.73 Å². The number of carbonyl (C=O) groups excluding carboxylic acids is 2. The van der Waals surface area contributed by atoms with Crippen LogP contribution in [-0.4, -0.2) is 42.5 Å². The first-order chi connectivity index (χ1) is 12.5. The van der Waals surface area contributed by atoms with E-state index in [1.54, 1.807) is 0 Å². The predicted octanol–water partition coefficient (Wildman–Crippen LogP) is 1.69. The number of nitrogens with zero attached hydrogens (tertiary/aromatic N) is 1. The number of amides is 2. The van der Waals surface area contributed by atoms with Crippen LogP contribution in [0.1, 0.15) is 11.6 Å². The zero-order valence-electron chi connectivity index (χ0n) is 14.1. The minimum Gasteiger partial charge on any atom is -0.367 e. The molecule has 1 aliphatic heterocycles. The Morgan fingerprint density at radius 2 is 1.85 bits per heavy atom. The molecule has 3 N–H and O–H groups in total. The molecule has 7 heteroatoms. The highest BCUT2D eigenvalue weighted by atomic mass is 19.1. The van der Waals surface area contributed by atoms with Gasteiger partial charge >= 0.3 is 0 Å². The van der Waals surface area contributed by atoms with Crippen LogP contribution in [0.5, 0.6) is 0 Å². The molecule has 1 heterocycles. The van der Waals surface area contributed by atoms with Gasteiger partial charge in [0.15, 0.2) is 0 Å². The SMILES string of the molecule is NC(=O)[C@H]1CN([C@H](C(=O)Nc2ccc(F)cc2)c2ccccc2)CCO1. The minimum absolute atomic E-state index is 0.228. The molecule has 1 fully saturated rings. The van der Waals surface area contributed by atoms with Crippen molar-refractivity contribution in [1.29, 1.82) is 0 Å². The van der Waals surface area contributed by atoms with Crippen LogP contribution in [0, 0.1) is 5.82 Å². The molecule has 2 amide bonds. The molecular formula is C19H20FN3O3. The van der Waals surface area contributed by atoms with E-state index >= 15 is 0 Å². The Labute approximate surface area is 150 Å². The van der Waals surface area contributed by atoms with Crippen LogP contribution in [0.2, 0.25) is 0 Å². The van der Waals surface area contributed by atoms with E-state index in [9.17, 15) is 14.0 Å². The Hall–Kier alpha value is -2.77. The molecule has 3 rings (SSSR count). The van der Waals surface area contributed by atoms with E-state index in [0.29, 0.717) is 18.8 Å². The highest BCUT2D eigenvalue weighted by Gasteiger charge is 2.34. The molecule has 2 aromatic carbocycles. The molecule has 6 nitrogen and oxygen atoms in total. The highest BCUT2D eigenvalue weighted by molar-refractivity contribution is 5.95. The summed E-state index contributed by atoms with van der Waals surface area (Å²) in [6.45, 7) is 1.02. The van der Waals surface area contributed by atoms with Gasteiger partial charge in [0.2, 0.25) is 11.8 Å². The molecule has 1 saturated heterocycles. The fourth-order valence-electron chi connectivity index (χ4n) is 2.98. The van der Waals surface area contributed by atoms with E-state index in [-0.39, 0.29) is 18.3 Å². The fourth-order valence-corrected chi connectivity index (χ4v) is 2.98. The Kier molecular flexibility index (Phi) is 5.60. The van der Waals surface area contributed by atoms with Crippen LogP contribution in [0.15, 0.2) is 54.6 Å². The molecular weight excluding hydrogens is 337 g/mol. The predicted molar refractivity (Wildman–Crippen MR) is 94.7 cm³/mol. The van der Waals surface area contributed by atoms with Gasteiger partial charge in [0.1, 0.15) is 18.0 Å². The minimum atomic E-state index is -0.756. The molecule has 0 radical (unpaired) electrons. The van der Waals surface area contributed by atoms with Gasteiger partial charge in [-0.15, -0.1) is 0 Å². The summed E-state index contributed by atoms with van der Waals surface area (Å²) in [5, 5.41) is 2.80. The van der Waals surface area contributed by atoms with E-state index in [2.05, 4.69) is 5.32 Å². The number of nitrogens with one attached hydrogen (secondary N) is 1. The molecule has 2 atom stereocenters. The lowest BCUT2D eigenvalue weighted by Gasteiger charge is -2.36. The Bertz CT molecular complexity index is 767. The molecule has 1 aliphatic rings. The molecule has 136 valence electrons. The first-order valence-electron chi connectivity index (χ1n) is 8.31. The molecule has 0 aliphatic carbocycles. The van der Waals surface area contributed by atoms with Crippen molar-refractivity contribution in [3.05, 3.63) is 66.0 Å². The number of hydrogen-bond acceptors (Lipinski definition) is 4. The standard InChI is InChI=1S/C19H20FN3O3/c20-14-6-8-15(9-7-14)22-19(25)17(13-4-2-1-3-5-13)23-10-11-26-16(12-23)18(21)24/h1-9,16-17H,10-12H2,(H2,21,24)(H,22,25)/t16-,17+/m1/s1. The lowest BCUT2D eigenvalue weighted by Crippen LogP contribution is -2.51. The highest BCUT2D eigenvalue weighted by Crippen LogP contribution is 2.25. The van der Waals surface area contributed by atoms with Crippen molar-refractivity contribution in [3.63, 3.8) is 0 Å². The second-order valence-corrected chi connectivity index (χ2v) is 6.07. The molecule has 0 aromatic heterocycles. The van der Waals surface area contributed by atoms with Crippen LogP contribution in [0.4, 0.5) is 10.1 Å². The molecule has 0 bridgehead atoms. The number of nitrogens with two attached hydrogens (primary N) is 1. The van der Waals surface area contributed by atoms with Crippen LogP contribution < -0.4 is 11.1 Å². The number of rotatable bonds is 5. The second-order valence-electron chi connectivity index (χ2n) is 6.07. The molecule has 0 unspecified atom stereocenters. The van der Waals surface area contributed by atoms with Crippen molar-refractivity contribution >= 4 is 17.5 Å². The van der Waals surface area contributed by atoms with E-state index in [1.165, 1.54) is 24.3 Å². The topological polar surface area (TPSA) is 84.7 Å². The normalized spacial score (nSPS) is 18.9. The zero-order valence-corrected chi connectivity index (χ0v) is 14.1. The van der Waals surface area contributed by atoms with Crippen LogP contribution in [-0.2, 0) is 14.3 Å². The summed E-state index contributed by atoms with van der Waals surface area (Å²) in [7, 11) is 0. The smallest absolute Gasteiger partial charge is 0.247 e. The average molecular weight is 357 g/mol. The summed E-state index contributed by atoms with van der Waals surface area (Å²) >= 11 is 0. The Balaban J connectivity index is 1.84. The lowest BCUT2D eigenvalue weighted by molar-refractivity contribution is -0.139. The number of morpholine rings is 1. The monoisotopic (exact) mass is 357 g/mol. The van der Waals surface area contributed by atoms with Gasteiger partial charge in [-0.25, -0.2) is 4.39 Å². The Morgan fingerprint density at radius 3 is 2.50 bits per heavy atom. The van der Waals surface area contributed by atoms with Crippen molar-refractivity contribution in [2.45, 2.75) is 12.1 Å². The van der Waals surface area contributed by atoms with Crippen molar-refractivity contribution < 1.29 is 18.7 Å². The number of halogens is 1.